The minimum atomic E-state index is -1.09. The van der Waals surface area contributed by atoms with Gasteiger partial charge in [0.25, 0.3) is 0 Å². The molecule has 2 amide bonds. The molecular weight excluding hydrogens is 344 g/mol. The molecule has 1 aromatic rings. The van der Waals surface area contributed by atoms with Crippen molar-refractivity contribution in [2.75, 3.05) is 18.9 Å². The summed E-state index contributed by atoms with van der Waals surface area (Å²) >= 11 is 3.43. The lowest BCUT2D eigenvalue weighted by Crippen LogP contribution is -2.46. The van der Waals surface area contributed by atoms with Crippen LogP contribution in [0.15, 0.2) is 22.7 Å². The number of halogens is 1. The first-order valence-corrected chi connectivity index (χ1v) is 8.32. The van der Waals surface area contributed by atoms with E-state index in [0.29, 0.717) is 12.2 Å². The molecule has 0 fully saturated rings. The number of nitrogens with zero attached hydrogens (tertiary/aromatic N) is 1. The summed E-state index contributed by atoms with van der Waals surface area (Å²) in [6, 6.07) is 5.58. The van der Waals surface area contributed by atoms with Crippen LogP contribution in [-0.2, 0) is 9.59 Å². The molecule has 5 heteroatoms. The van der Waals surface area contributed by atoms with Gasteiger partial charge in [-0.05, 0) is 51.0 Å². The standard InChI is InChI=1S/C17H25BrN2O2/c1-6-7-10-20(5)16(22)17(3,4)15(21)19-13-8-9-14(18)12(2)11-13/h8-9,11H,6-7,10H2,1-5H3,(H,19,21). The van der Waals surface area contributed by atoms with Crippen LogP contribution in [0.4, 0.5) is 5.69 Å². The van der Waals surface area contributed by atoms with Gasteiger partial charge in [-0.25, -0.2) is 0 Å². The van der Waals surface area contributed by atoms with Crippen molar-refractivity contribution in [3.05, 3.63) is 28.2 Å². The van der Waals surface area contributed by atoms with Crippen molar-refractivity contribution < 1.29 is 9.59 Å². The third kappa shape index (κ3) is 4.57. The van der Waals surface area contributed by atoms with Gasteiger partial charge in [0.05, 0.1) is 0 Å². The Bertz CT molecular complexity index is 556. The minimum absolute atomic E-state index is 0.160. The summed E-state index contributed by atoms with van der Waals surface area (Å²) < 4.78 is 0.986. The smallest absolute Gasteiger partial charge is 0.239 e. The van der Waals surface area contributed by atoms with Crippen molar-refractivity contribution in [1.29, 1.82) is 0 Å². The number of unbranched alkanes of at least 4 members (excludes halogenated alkanes) is 1. The zero-order valence-electron chi connectivity index (χ0n) is 14.0. The topological polar surface area (TPSA) is 49.4 Å². The Labute approximate surface area is 141 Å². The van der Waals surface area contributed by atoms with Gasteiger partial charge in [0.15, 0.2) is 0 Å². The van der Waals surface area contributed by atoms with Crippen LogP contribution in [0.3, 0.4) is 0 Å². The maximum atomic E-state index is 12.5. The fourth-order valence-corrected chi connectivity index (χ4v) is 2.33. The van der Waals surface area contributed by atoms with E-state index in [1.165, 1.54) is 0 Å². The van der Waals surface area contributed by atoms with Gasteiger partial charge in [0.1, 0.15) is 5.41 Å². The van der Waals surface area contributed by atoms with E-state index < -0.39 is 5.41 Å². The molecule has 4 nitrogen and oxygen atoms in total. The molecule has 0 radical (unpaired) electrons. The Kier molecular flexibility index (Phi) is 6.60. The first-order chi connectivity index (χ1) is 10.2. The third-order valence-electron chi connectivity index (χ3n) is 3.71. The van der Waals surface area contributed by atoms with E-state index in [0.717, 1.165) is 22.9 Å². The van der Waals surface area contributed by atoms with Crippen molar-refractivity contribution >= 4 is 33.4 Å². The maximum absolute atomic E-state index is 12.5. The second kappa shape index (κ2) is 7.77. The van der Waals surface area contributed by atoms with Crippen LogP contribution in [-0.4, -0.2) is 30.3 Å². The lowest BCUT2D eigenvalue weighted by Gasteiger charge is -2.28. The Morgan fingerprint density at radius 3 is 2.50 bits per heavy atom. The van der Waals surface area contributed by atoms with Crippen molar-refractivity contribution in [2.45, 2.75) is 40.5 Å². The van der Waals surface area contributed by atoms with Gasteiger partial charge in [-0.1, -0.05) is 29.3 Å². The molecule has 1 aromatic carbocycles. The van der Waals surface area contributed by atoms with Crippen LogP contribution in [0, 0.1) is 12.3 Å². The lowest BCUT2D eigenvalue weighted by molar-refractivity contribution is -0.145. The number of anilines is 1. The Morgan fingerprint density at radius 2 is 1.95 bits per heavy atom. The number of carbonyl (C=O) groups excluding carboxylic acids is 2. The summed E-state index contributed by atoms with van der Waals surface area (Å²) in [4.78, 5) is 26.6. The third-order valence-corrected chi connectivity index (χ3v) is 4.60. The van der Waals surface area contributed by atoms with Crippen LogP contribution in [0.25, 0.3) is 0 Å². The first kappa shape index (κ1) is 18.7. The van der Waals surface area contributed by atoms with E-state index >= 15 is 0 Å². The molecule has 0 aliphatic heterocycles. The number of rotatable bonds is 6. The summed E-state index contributed by atoms with van der Waals surface area (Å²) in [7, 11) is 1.75. The maximum Gasteiger partial charge on any atom is 0.239 e. The normalized spacial score (nSPS) is 11.2. The molecule has 1 rings (SSSR count). The average Bonchev–Trinajstić information content (AvgIpc) is 2.47. The second-order valence-electron chi connectivity index (χ2n) is 6.12. The molecule has 0 saturated carbocycles. The molecule has 0 bridgehead atoms. The zero-order chi connectivity index (χ0) is 16.9. The number of nitrogens with one attached hydrogen (secondary N) is 1. The van der Waals surface area contributed by atoms with Crippen LogP contribution in [0.5, 0.6) is 0 Å². The highest BCUT2D eigenvalue weighted by atomic mass is 79.9. The Hall–Kier alpha value is -1.36. The van der Waals surface area contributed by atoms with Crippen LogP contribution in [0.2, 0.25) is 0 Å². The molecule has 0 aliphatic carbocycles. The number of hydrogen-bond acceptors (Lipinski definition) is 2. The van der Waals surface area contributed by atoms with Gasteiger partial charge in [-0.15, -0.1) is 0 Å². The van der Waals surface area contributed by atoms with Crippen LogP contribution < -0.4 is 5.32 Å². The molecule has 0 heterocycles. The van der Waals surface area contributed by atoms with Crippen LogP contribution in [0.1, 0.15) is 39.2 Å². The number of hydrogen-bond donors (Lipinski definition) is 1. The lowest BCUT2D eigenvalue weighted by atomic mass is 9.90. The molecule has 0 saturated heterocycles. The molecule has 0 aromatic heterocycles. The van der Waals surface area contributed by atoms with Crippen molar-refractivity contribution in [2.24, 2.45) is 5.41 Å². The summed E-state index contributed by atoms with van der Waals surface area (Å²) in [6.45, 7) is 8.03. The first-order valence-electron chi connectivity index (χ1n) is 7.53. The van der Waals surface area contributed by atoms with Gasteiger partial charge in [0.2, 0.25) is 11.8 Å². The Balaban J connectivity index is 2.80. The summed E-state index contributed by atoms with van der Waals surface area (Å²) in [5.41, 5.74) is 0.633. The fraction of sp³-hybridized carbons (Fsp3) is 0.529. The summed E-state index contributed by atoms with van der Waals surface area (Å²) in [6.07, 6.45) is 1.95. The van der Waals surface area contributed by atoms with Gasteiger partial charge in [0, 0.05) is 23.8 Å². The van der Waals surface area contributed by atoms with Crippen molar-refractivity contribution in [3.63, 3.8) is 0 Å². The Morgan fingerprint density at radius 1 is 1.32 bits per heavy atom. The average molecular weight is 369 g/mol. The highest BCUT2D eigenvalue weighted by molar-refractivity contribution is 9.10. The molecular formula is C17H25BrN2O2. The van der Waals surface area contributed by atoms with Gasteiger partial charge in [-0.2, -0.15) is 0 Å². The van der Waals surface area contributed by atoms with Crippen molar-refractivity contribution in [1.82, 2.24) is 4.90 Å². The predicted octanol–water partition coefficient (Wildman–Crippen LogP) is 3.98. The fourth-order valence-electron chi connectivity index (χ4n) is 2.08. The van der Waals surface area contributed by atoms with Gasteiger partial charge < -0.3 is 10.2 Å². The number of aryl methyl sites for hydroxylation is 1. The van der Waals surface area contributed by atoms with Crippen molar-refractivity contribution in [3.8, 4) is 0 Å². The molecule has 22 heavy (non-hydrogen) atoms. The SMILES string of the molecule is CCCCN(C)C(=O)C(C)(C)C(=O)Nc1ccc(Br)c(C)c1. The number of benzene rings is 1. The molecule has 122 valence electrons. The molecule has 0 spiro atoms. The highest BCUT2D eigenvalue weighted by Gasteiger charge is 2.38. The largest absolute Gasteiger partial charge is 0.345 e. The summed E-state index contributed by atoms with van der Waals surface area (Å²) in [5, 5.41) is 2.83. The van der Waals surface area contributed by atoms with E-state index in [-0.39, 0.29) is 11.8 Å². The van der Waals surface area contributed by atoms with E-state index in [1.54, 1.807) is 25.8 Å². The minimum Gasteiger partial charge on any atom is -0.345 e. The summed E-state index contributed by atoms with van der Waals surface area (Å²) in [5.74, 6) is -0.449. The monoisotopic (exact) mass is 368 g/mol. The molecule has 1 N–H and O–H groups in total. The zero-order valence-corrected chi connectivity index (χ0v) is 15.6. The molecule has 0 unspecified atom stereocenters. The molecule has 0 atom stereocenters. The van der Waals surface area contributed by atoms with E-state index in [2.05, 4.69) is 28.2 Å². The number of amides is 2. The van der Waals surface area contributed by atoms with Gasteiger partial charge in [-0.3, -0.25) is 9.59 Å². The highest BCUT2D eigenvalue weighted by Crippen LogP contribution is 2.24. The molecule has 0 aliphatic rings. The second-order valence-corrected chi connectivity index (χ2v) is 6.98. The quantitative estimate of drug-likeness (QED) is 0.771. The van der Waals surface area contributed by atoms with Gasteiger partial charge >= 0.3 is 0 Å². The van der Waals surface area contributed by atoms with E-state index in [9.17, 15) is 9.59 Å². The van der Waals surface area contributed by atoms with Crippen LogP contribution >= 0.6 is 15.9 Å². The van der Waals surface area contributed by atoms with E-state index in [1.807, 2.05) is 25.1 Å². The number of carbonyl (C=O) groups is 2. The van der Waals surface area contributed by atoms with E-state index in [4.69, 9.17) is 0 Å². The predicted molar refractivity (Wildman–Crippen MR) is 93.8 cm³/mol.